The van der Waals surface area contributed by atoms with Crippen molar-refractivity contribution in [2.45, 2.75) is 26.4 Å². The normalized spacial score (nSPS) is 16.6. The van der Waals surface area contributed by atoms with Crippen molar-refractivity contribution in [3.8, 4) is 0 Å². The molecule has 1 saturated heterocycles. The van der Waals surface area contributed by atoms with Gasteiger partial charge in [0.05, 0.1) is 31.5 Å². The van der Waals surface area contributed by atoms with Crippen LogP contribution in [0.1, 0.15) is 29.9 Å². The Bertz CT molecular complexity index is 1120. The Morgan fingerprint density at radius 1 is 1.17 bits per heavy atom. The first kappa shape index (κ1) is 18.8. The molecule has 2 aromatic heterocycles. The number of carbonyl (C=O) groups is 1. The average molecular weight is 407 g/mol. The first-order valence-electron chi connectivity index (χ1n) is 10.2. The second-order valence-electron chi connectivity index (χ2n) is 7.99. The number of aromatic nitrogens is 4. The van der Waals surface area contributed by atoms with Gasteiger partial charge in [-0.15, -0.1) is 0 Å². The number of amides is 1. The number of aryl methyl sites for hydroxylation is 1. The van der Waals surface area contributed by atoms with Crippen molar-refractivity contribution in [2.75, 3.05) is 36.5 Å². The van der Waals surface area contributed by atoms with Crippen LogP contribution in [0.15, 0.2) is 24.4 Å². The van der Waals surface area contributed by atoms with E-state index in [0.29, 0.717) is 50.3 Å². The lowest BCUT2D eigenvalue weighted by Gasteiger charge is -2.27. The van der Waals surface area contributed by atoms with Crippen LogP contribution in [0.5, 0.6) is 0 Å². The first-order chi connectivity index (χ1) is 14.5. The molecule has 4 heterocycles. The van der Waals surface area contributed by atoms with Gasteiger partial charge in [0, 0.05) is 42.8 Å². The molecular weight excluding hydrogens is 382 g/mol. The third kappa shape index (κ3) is 3.15. The summed E-state index contributed by atoms with van der Waals surface area (Å²) in [7, 11) is 1.92. The number of hydrogen-bond donors (Lipinski definition) is 1. The Kier molecular flexibility index (Phi) is 4.54. The highest BCUT2D eigenvalue weighted by Crippen LogP contribution is 2.32. The fourth-order valence-corrected chi connectivity index (χ4v) is 3.98. The van der Waals surface area contributed by atoms with Crippen molar-refractivity contribution < 1.29 is 9.53 Å². The minimum atomic E-state index is -0.0392. The van der Waals surface area contributed by atoms with Crippen LogP contribution >= 0.6 is 0 Å². The Balaban J connectivity index is 1.56. The molecule has 0 aliphatic carbocycles. The summed E-state index contributed by atoms with van der Waals surface area (Å²) in [4.78, 5) is 26.4. The zero-order chi connectivity index (χ0) is 20.8. The van der Waals surface area contributed by atoms with E-state index in [0.717, 1.165) is 22.2 Å². The van der Waals surface area contributed by atoms with Crippen molar-refractivity contribution in [2.24, 2.45) is 7.05 Å². The summed E-state index contributed by atoms with van der Waals surface area (Å²) in [6.45, 7) is 7.23. The zero-order valence-electron chi connectivity index (χ0n) is 17.4. The molecule has 0 spiro atoms. The van der Waals surface area contributed by atoms with Gasteiger partial charge >= 0.3 is 0 Å². The van der Waals surface area contributed by atoms with Crippen molar-refractivity contribution in [1.82, 2.24) is 24.6 Å². The van der Waals surface area contributed by atoms with Gasteiger partial charge in [-0.3, -0.25) is 9.48 Å². The molecular formula is C21H25N7O2. The fourth-order valence-electron chi connectivity index (χ4n) is 3.98. The zero-order valence-corrected chi connectivity index (χ0v) is 17.4. The highest BCUT2D eigenvalue weighted by molar-refractivity contribution is 5.98. The van der Waals surface area contributed by atoms with Crippen LogP contribution in [-0.2, 0) is 18.3 Å². The van der Waals surface area contributed by atoms with Gasteiger partial charge in [-0.25, -0.2) is 4.98 Å². The van der Waals surface area contributed by atoms with Crippen LogP contribution in [-0.4, -0.2) is 62.9 Å². The number of hydrogen-bond acceptors (Lipinski definition) is 7. The van der Waals surface area contributed by atoms with E-state index in [1.165, 1.54) is 0 Å². The molecule has 2 aliphatic heterocycles. The maximum atomic E-state index is 13.0. The van der Waals surface area contributed by atoms with Crippen molar-refractivity contribution >= 4 is 34.3 Å². The lowest BCUT2D eigenvalue weighted by molar-refractivity contribution is 0.0726. The van der Waals surface area contributed by atoms with Crippen LogP contribution in [0.4, 0.5) is 17.5 Å². The molecule has 9 heteroatoms. The monoisotopic (exact) mass is 407 g/mol. The summed E-state index contributed by atoms with van der Waals surface area (Å²) < 4.78 is 7.30. The summed E-state index contributed by atoms with van der Waals surface area (Å²) in [6.07, 6.45) is 1.84. The van der Waals surface area contributed by atoms with Gasteiger partial charge in [-0.1, -0.05) is 0 Å². The average Bonchev–Trinajstić information content (AvgIpc) is 3.29. The molecule has 3 aromatic rings. The molecule has 156 valence electrons. The summed E-state index contributed by atoms with van der Waals surface area (Å²) in [6, 6.07) is 6.17. The number of nitrogens with one attached hydrogen (secondary N) is 1. The molecule has 1 amide bonds. The molecule has 1 fully saturated rings. The Hall–Kier alpha value is -3.20. The number of rotatable bonds is 4. The summed E-state index contributed by atoms with van der Waals surface area (Å²) in [5.74, 6) is 1.21. The highest BCUT2D eigenvalue weighted by atomic mass is 16.5. The maximum Gasteiger partial charge on any atom is 0.273 e. The van der Waals surface area contributed by atoms with Gasteiger partial charge in [-0.2, -0.15) is 10.1 Å². The number of morpholine rings is 1. The lowest BCUT2D eigenvalue weighted by atomic mass is 10.2. The molecule has 0 atom stereocenters. The molecule has 1 N–H and O–H groups in total. The van der Waals surface area contributed by atoms with E-state index in [-0.39, 0.29) is 11.9 Å². The topological polar surface area (TPSA) is 88.4 Å². The van der Waals surface area contributed by atoms with Crippen LogP contribution in [0.3, 0.4) is 0 Å². The maximum absolute atomic E-state index is 13.0. The molecule has 5 rings (SSSR count). The number of carbonyl (C=O) groups excluding carboxylic acids is 1. The van der Waals surface area contributed by atoms with Crippen LogP contribution in [0, 0.1) is 0 Å². The molecule has 30 heavy (non-hydrogen) atoms. The van der Waals surface area contributed by atoms with E-state index in [1.54, 1.807) is 0 Å². The summed E-state index contributed by atoms with van der Waals surface area (Å²) >= 11 is 0. The van der Waals surface area contributed by atoms with Gasteiger partial charge in [-0.05, 0) is 32.0 Å². The van der Waals surface area contributed by atoms with E-state index >= 15 is 0 Å². The van der Waals surface area contributed by atoms with E-state index in [1.807, 2.05) is 54.9 Å². The van der Waals surface area contributed by atoms with Gasteiger partial charge < -0.3 is 19.9 Å². The smallest absolute Gasteiger partial charge is 0.273 e. The first-order valence-corrected chi connectivity index (χ1v) is 10.2. The van der Waals surface area contributed by atoms with Crippen LogP contribution < -0.4 is 10.2 Å². The largest absolute Gasteiger partial charge is 0.378 e. The van der Waals surface area contributed by atoms with Crippen molar-refractivity contribution in [3.05, 3.63) is 35.7 Å². The number of fused-ring (bicyclic) bond motifs is 2. The number of ether oxygens (including phenoxy) is 1. The minimum Gasteiger partial charge on any atom is -0.378 e. The van der Waals surface area contributed by atoms with Gasteiger partial charge in [0.2, 0.25) is 5.95 Å². The molecule has 0 unspecified atom stereocenters. The summed E-state index contributed by atoms with van der Waals surface area (Å²) in [5.41, 5.74) is 3.30. The standard InChI is InChI=1S/C21H25N7O2/c1-13(2)28-12-16-18(20(28)29)24-21(27-6-8-30-9-7-27)25-19(16)23-15-4-5-17-14(10-15)11-22-26(17)3/h4-5,10-11,13H,6-9,12H2,1-3H3,(H,23,24,25). The Morgan fingerprint density at radius 3 is 2.73 bits per heavy atom. The van der Waals surface area contributed by atoms with Crippen molar-refractivity contribution in [1.29, 1.82) is 0 Å². The minimum absolute atomic E-state index is 0.0392. The van der Waals surface area contributed by atoms with Gasteiger partial charge in [0.15, 0.2) is 0 Å². The number of anilines is 3. The fraction of sp³-hybridized carbons (Fsp3) is 0.429. The lowest BCUT2D eigenvalue weighted by Crippen LogP contribution is -2.37. The molecule has 1 aromatic carbocycles. The highest BCUT2D eigenvalue weighted by Gasteiger charge is 2.35. The Labute approximate surface area is 174 Å². The third-order valence-electron chi connectivity index (χ3n) is 5.71. The van der Waals surface area contributed by atoms with E-state index in [9.17, 15) is 4.79 Å². The molecule has 0 bridgehead atoms. The molecule has 0 radical (unpaired) electrons. The molecule has 2 aliphatic rings. The van der Waals surface area contributed by atoms with Crippen LogP contribution in [0.25, 0.3) is 10.9 Å². The van der Waals surface area contributed by atoms with Crippen molar-refractivity contribution in [3.63, 3.8) is 0 Å². The Morgan fingerprint density at radius 2 is 1.97 bits per heavy atom. The van der Waals surface area contributed by atoms with E-state index < -0.39 is 0 Å². The molecule has 9 nitrogen and oxygen atoms in total. The second-order valence-corrected chi connectivity index (χ2v) is 7.99. The molecule has 0 saturated carbocycles. The number of nitrogens with zero attached hydrogens (tertiary/aromatic N) is 6. The van der Waals surface area contributed by atoms with Crippen LogP contribution in [0.2, 0.25) is 0 Å². The number of benzene rings is 1. The predicted molar refractivity (Wildman–Crippen MR) is 114 cm³/mol. The predicted octanol–water partition coefficient (Wildman–Crippen LogP) is 2.31. The summed E-state index contributed by atoms with van der Waals surface area (Å²) in [5, 5.41) is 8.79. The second kappa shape index (κ2) is 7.24. The van der Waals surface area contributed by atoms with E-state index in [4.69, 9.17) is 9.72 Å². The third-order valence-corrected chi connectivity index (χ3v) is 5.71. The SMILES string of the molecule is CC(C)N1Cc2c(Nc3ccc4c(cnn4C)c3)nc(N3CCOCC3)nc2C1=O. The van der Waals surface area contributed by atoms with Gasteiger partial charge in [0.1, 0.15) is 11.5 Å². The van der Waals surface area contributed by atoms with E-state index in [2.05, 4.69) is 20.3 Å². The quantitative estimate of drug-likeness (QED) is 0.710. The van der Waals surface area contributed by atoms with Gasteiger partial charge in [0.25, 0.3) is 5.91 Å².